The minimum atomic E-state index is -0.247. The van der Waals surface area contributed by atoms with Crippen LogP contribution in [0.3, 0.4) is 0 Å². The molecule has 7 heteroatoms. The van der Waals surface area contributed by atoms with Gasteiger partial charge in [0.25, 0.3) is 0 Å². The summed E-state index contributed by atoms with van der Waals surface area (Å²) in [5.74, 6) is -0.0321. The van der Waals surface area contributed by atoms with Crippen LogP contribution in [-0.4, -0.2) is 60.4 Å². The van der Waals surface area contributed by atoms with Gasteiger partial charge in [0, 0.05) is 43.4 Å². The number of hydrogen-bond acceptors (Lipinski definition) is 4. The van der Waals surface area contributed by atoms with Crippen molar-refractivity contribution in [1.82, 2.24) is 15.1 Å². The van der Waals surface area contributed by atoms with Crippen molar-refractivity contribution in [2.24, 2.45) is 0 Å². The van der Waals surface area contributed by atoms with Crippen molar-refractivity contribution >= 4 is 29.1 Å². The fourth-order valence-electron chi connectivity index (χ4n) is 3.34. The number of hydrogen-bond donors (Lipinski definition) is 2. The topological polar surface area (TPSA) is 64.7 Å². The summed E-state index contributed by atoms with van der Waals surface area (Å²) in [5.41, 5.74) is 1.79. The van der Waals surface area contributed by atoms with Crippen LogP contribution < -0.4 is 10.6 Å². The monoisotopic (exact) mass is 414 g/mol. The largest absolute Gasteiger partial charge is 0.351 e. The molecule has 1 unspecified atom stereocenters. The second kappa shape index (κ2) is 10.4. The van der Waals surface area contributed by atoms with Crippen LogP contribution in [0.2, 0.25) is 5.02 Å². The average molecular weight is 415 g/mol. The standard InChI is InChI=1S/C22H27ClN4O2/c1-17(22(29)25-20-9-5-8-19(23)14-20)27-12-10-26(11-13-27)16-21(28)24-15-18-6-3-2-4-7-18/h2-9,14,17H,10-13,15-16H2,1H3,(H,24,28)(H,25,29). The highest BCUT2D eigenvalue weighted by Gasteiger charge is 2.26. The summed E-state index contributed by atoms with van der Waals surface area (Å²) < 4.78 is 0. The maximum absolute atomic E-state index is 12.5. The predicted molar refractivity (Wildman–Crippen MR) is 116 cm³/mol. The maximum atomic E-state index is 12.5. The number of benzene rings is 2. The first-order valence-electron chi connectivity index (χ1n) is 9.85. The first kappa shape index (κ1) is 21.3. The quantitative estimate of drug-likeness (QED) is 0.731. The summed E-state index contributed by atoms with van der Waals surface area (Å²) in [5, 5.41) is 6.47. The Morgan fingerprint density at radius 3 is 2.45 bits per heavy atom. The van der Waals surface area contributed by atoms with Crippen LogP contribution in [0, 0.1) is 0 Å². The number of rotatable bonds is 7. The van der Waals surface area contributed by atoms with Gasteiger partial charge in [-0.25, -0.2) is 0 Å². The lowest BCUT2D eigenvalue weighted by Gasteiger charge is -2.37. The third kappa shape index (κ3) is 6.56. The molecular formula is C22H27ClN4O2. The van der Waals surface area contributed by atoms with E-state index in [2.05, 4.69) is 20.4 Å². The summed E-state index contributed by atoms with van der Waals surface area (Å²) in [6.45, 7) is 5.83. The molecule has 0 aromatic heterocycles. The van der Waals surface area contributed by atoms with Crippen LogP contribution in [0.1, 0.15) is 12.5 Å². The summed E-state index contributed by atoms with van der Waals surface area (Å²) in [6, 6.07) is 16.8. The molecule has 3 rings (SSSR count). The molecule has 1 aliphatic rings. The third-order valence-electron chi connectivity index (χ3n) is 5.13. The third-order valence-corrected chi connectivity index (χ3v) is 5.36. The van der Waals surface area contributed by atoms with E-state index in [9.17, 15) is 9.59 Å². The molecule has 0 bridgehead atoms. The van der Waals surface area contributed by atoms with E-state index in [4.69, 9.17) is 11.6 Å². The van der Waals surface area contributed by atoms with E-state index in [0.717, 1.165) is 31.7 Å². The second-order valence-corrected chi connectivity index (χ2v) is 7.69. The number of carbonyl (C=O) groups is 2. The minimum absolute atomic E-state index is 0.0223. The van der Waals surface area contributed by atoms with E-state index < -0.39 is 0 Å². The van der Waals surface area contributed by atoms with Crippen molar-refractivity contribution in [1.29, 1.82) is 0 Å². The molecule has 6 nitrogen and oxygen atoms in total. The van der Waals surface area contributed by atoms with Gasteiger partial charge in [-0.3, -0.25) is 19.4 Å². The summed E-state index contributed by atoms with van der Waals surface area (Å²) in [7, 11) is 0. The Morgan fingerprint density at radius 2 is 1.76 bits per heavy atom. The molecule has 0 aliphatic carbocycles. The summed E-state index contributed by atoms with van der Waals surface area (Å²) in [4.78, 5) is 29.0. The van der Waals surface area contributed by atoms with Crippen LogP contribution in [-0.2, 0) is 16.1 Å². The summed E-state index contributed by atoms with van der Waals surface area (Å²) >= 11 is 5.97. The number of nitrogens with one attached hydrogen (secondary N) is 2. The molecule has 154 valence electrons. The van der Waals surface area contributed by atoms with E-state index in [1.54, 1.807) is 12.1 Å². The number of nitrogens with zero attached hydrogens (tertiary/aromatic N) is 2. The molecule has 2 amide bonds. The Hall–Kier alpha value is -2.41. The second-order valence-electron chi connectivity index (χ2n) is 7.25. The molecular weight excluding hydrogens is 388 g/mol. The summed E-state index contributed by atoms with van der Waals surface area (Å²) in [6.07, 6.45) is 0. The van der Waals surface area contributed by atoms with Gasteiger partial charge in [-0.15, -0.1) is 0 Å². The highest BCUT2D eigenvalue weighted by atomic mass is 35.5. The lowest BCUT2D eigenvalue weighted by atomic mass is 10.2. The van der Waals surface area contributed by atoms with Crippen molar-refractivity contribution < 1.29 is 9.59 Å². The highest BCUT2D eigenvalue weighted by molar-refractivity contribution is 6.30. The van der Waals surface area contributed by atoms with Crippen molar-refractivity contribution in [3.8, 4) is 0 Å². The van der Waals surface area contributed by atoms with Gasteiger partial charge in [0.15, 0.2) is 0 Å². The van der Waals surface area contributed by atoms with Gasteiger partial charge in [0.2, 0.25) is 11.8 Å². The van der Waals surface area contributed by atoms with Crippen LogP contribution in [0.15, 0.2) is 54.6 Å². The molecule has 1 saturated heterocycles. The van der Waals surface area contributed by atoms with E-state index in [1.807, 2.05) is 49.4 Å². The van der Waals surface area contributed by atoms with Gasteiger partial charge < -0.3 is 10.6 Å². The zero-order chi connectivity index (χ0) is 20.6. The van der Waals surface area contributed by atoms with Crippen LogP contribution in [0.4, 0.5) is 5.69 Å². The fraction of sp³-hybridized carbons (Fsp3) is 0.364. The van der Waals surface area contributed by atoms with Gasteiger partial charge >= 0.3 is 0 Å². The number of amides is 2. The zero-order valence-electron chi connectivity index (χ0n) is 16.6. The fourth-order valence-corrected chi connectivity index (χ4v) is 3.53. The first-order chi connectivity index (χ1) is 14.0. The van der Waals surface area contributed by atoms with Gasteiger partial charge in [-0.05, 0) is 30.7 Å². The van der Waals surface area contributed by atoms with Gasteiger partial charge in [-0.2, -0.15) is 0 Å². The number of halogens is 1. The normalized spacial score (nSPS) is 16.2. The minimum Gasteiger partial charge on any atom is -0.351 e. The van der Waals surface area contributed by atoms with Crippen LogP contribution in [0.5, 0.6) is 0 Å². The molecule has 2 aromatic carbocycles. The lowest BCUT2D eigenvalue weighted by molar-refractivity contribution is -0.124. The Balaban J connectivity index is 1.40. The molecule has 0 radical (unpaired) electrons. The SMILES string of the molecule is CC(C(=O)Nc1cccc(Cl)c1)N1CCN(CC(=O)NCc2ccccc2)CC1. The van der Waals surface area contributed by atoms with Gasteiger partial charge in [0.05, 0.1) is 12.6 Å². The van der Waals surface area contributed by atoms with Crippen molar-refractivity contribution in [3.63, 3.8) is 0 Å². The van der Waals surface area contributed by atoms with Crippen LogP contribution >= 0.6 is 11.6 Å². The van der Waals surface area contributed by atoms with E-state index in [-0.39, 0.29) is 17.9 Å². The Morgan fingerprint density at radius 1 is 1.03 bits per heavy atom. The number of piperazine rings is 1. The maximum Gasteiger partial charge on any atom is 0.241 e. The van der Waals surface area contributed by atoms with Gasteiger partial charge in [-0.1, -0.05) is 48.0 Å². The molecule has 0 spiro atoms. The molecule has 1 aliphatic heterocycles. The molecule has 2 aromatic rings. The zero-order valence-corrected chi connectivity index (χ0v) is 17.4. The molecule has 1 atom stereocenters. The lowest BCUT2D eigenvalue weighted by Crippen LogP contribution is -2.54. The average Bonchev–Trinajstić information content (AvgIpc) is 2.73. The Bertz CT molecular complexity index is 823. The molecule has 0 saturated carbocycles. The number of carbonyl (C=O) groups excluding carboxylic acids is 2. The Kier molecular flexibility index (Phi) is 7.63. The molecule has 2 N–H and O–H groups in total. The van der Waals surface area contributed by atoms with Gasteiger partial charge in [0.1, 0.15) is 0 Å². The van der Waals surface area contributed by atoms with E-state index >= 15 is 0 Å². The highest BCUT2D eigenvalue weighted by Crippen LogP contribution is 2.16. The first-order valence-corrected chi connectivity index (χ1v) is 10.2. The van der Waals surface area contributed by atoms with Crippen molar-refractivity contribution in [3.05, 3.63) is 65.2 Å². The molecule has 1 fully saturated rings. The smallest absolute Gasteiger partial charge is 0.241 e. The van der Waals surface area contributed by atoms with Crippen LogP contribution in [0.25, 0.3) is 0 Å². The van der Waals surface area contributed by atoms with E-state index in [0.29, 0.717) is 23.8 Å². The predicted octanol–water partition coefficient (Wildman–Crippen LogP) is 2.60. The Labute approximate surface area is 176 Å². The van der Waals surface area contributed by atoms with E-state index in [1.165, 1.54) is 0 Å². The number of anilines is 1. The molecule has 29 heavy (non-hydrogen) atoms. The van der Waals surface area contributed by atoms with Crippen molar-refractivity contribution in [2.75, 3.05) is 38.0 Å². The van der Waals surface area contributed by atoms with Crippen molar-refractivity contribution in [2.45, 2.75) is 19.5 Å². The molecule has 1 heterocycles.